The maximum Gasteiger partial charge on any atom is 0.278 e. The van der Waals surface area contributed by atoms with Crippen molar-refractivity contribution in [3.63, 3.8) is 0 Å². The topological polar surface area (TPSA) is 74.6 Å². The molecular formula is C22H25N4O2S+. The van der Waals surface area contributed by atoms with E-state index >= 15 is 0 Å². The Morgan fingerprint density at radius 2 is 2.24 bits per heavy atom. The van der Waals surface area contributed by atoms with Gasteiger partial charge in [-0.1, -0.05) is 12.1 Å². The number of hydrogen-bond donors (Lipinski definition) is 1. The van der Waals surface area contributed by atoms with Gasteiger partial charge in [0.1, 0.15) is 10.8 Å². The lowest BCUT2D eigenvalue weighted by Crippen LogP contribution is -3.14. The minimum atomic E-state index is 0.0802. The first-order chi connectivity index (χ1) is 14.2. The number of carbonyl (C=O) groups excluding carboxylic acids is 1. The molecule has 1 saturated heterocycles. The summed E-state index contributed by atoms with van der Waals surface area (Å²) < 4.78 is 6.63. The summed E-state index contributed by atoms with van der Waals surface area (Å²) in [6, 6.07) is 14.1. The van der Waals surface area contributed by atoms with E-state index in [4.69, 9.17) is 14.7 Å². The van der Waals surface area contributed by atoms with Crippen LogP contribution in [0.2, 0.25) is 0 Å². The smallest absolute Gasteiger partial charge is 0.278 e. The number of rotatable bonds is 7. The number of nitrogens with zero attached hydrogens (tertiary/aromatic N) is 3. The van der Waals surface area contributed by atoms with Crippen LogP contribution in [0.5, 0.6) is 0 Å². The molecular weight excluding hydrogens is 384 g/mol. The van der Waals surface area contributed by atoms with E-state index in [2.05, 4.69) is 24.3 Å². The average Bonchev–Trinajstić information content (AvgIpc) is 3.40. The Labute approximate surface area is 174 Å². The number of furan rings is 1. The van der Waals surface area contributed by atoms with E-state index in [1.807, 2.05) is 18.2 Å². The fourth-order valence-corrected chi connectivity index (χ4v) is 5.08. The first-order valence-electron chi connectivity index (χ1n) is 10.1. The average molecular weight is 410 g/mol. The zero-order valence-corrected chi connectivity index (χ0v) is 17.2. The van der Waals surface area contributed by atoms with Crippen LogP contribution < -0.4 is 4.90 Å². The van der Waals surface area contributed by atoms with Crippen LogP contribution >= 0.6 is 11.3 Å². The van der Waals surface area contributed by atoms with Gasteiger partial charge in [0.05, 0.1) is 54.5 Å². The molecule has 1 amide bonds. The highest BCUT2D eigenvalue weighted by molar-refractivity contribution is 7.18. The number of carbonyl (C=O) groups is 1. The molecule has 4 rings (SSSR count). The van der Waals surface area contributed by atoms with Crippen LogP contribution in [0.25, 0.3) is 10.2 Å². The van der Waals surface area contributed by atoms with Gasteiger partial charge in [0.2, 0.25) is 0 Å². The molecule has 29 heavy (non-hydrogen) atoms. The quantitative estimate of drug-likeness (QED) is 0.651. The van der Waals surface area contributed by atoms with E-state index in [-0.39, 0.29) is 5.91 Å². The molecule has 1 unspecified atom stereocenters. The number of quaternary nitrogens is 1. The Bertz CT molecular complexity index is 959. The highest BCUT2D eigenvalue weighted by Crippen LogP contribution is 2.30. The zero-order valence-electron chi connectivity index (χ0n) is 16.3. The van der Waals surface area contributed by atoms with Gasteiger partial charge in [0.15, 0.2) is 6.54 Å². The second-order valence-corrected chi connectivity index (χ2v) is 8.60. The lowest BCUT2D eigenvalue weighted by molar-refractivity contribution is -0.898. The van der Waals surface area contributed by atoms with Crippen molar-refractivity contribution in [3.05, 3.63) is 53.4 Å². The van der Waals surface area contributed by atoms with Crippen LogP contribution in [-0.4, -0.2) is 42.0 Å². The van der Waals surface area contributed by atoms with Gasteiger partial charge < -0.3 is 14.2 Å². The second kappa shape index (κ2) is 9.21. The lowest BCUT2D eigenvalue weighted by atomic mass is 9.98. The summed E-state index contributed by atoms with van der Waals surface area (Å²) in [5.41, 5.74) is 1.07. The third-order valence-electron chi connectivity index (χ3n) is 5.45. The molecule has 3 aromatic rings. The number of para-hydroxylation sites is 1. The number of thiazole rings is 1. The molecule has 1 aromatic carbocycles. The van der Waals surface area contributed by atoms with Crippen LogP contribution in [0.1, 0.15) is 35.9 Å². The van der Waals surface area contributed by atoms with E-state index in [9.17, 15) is 4.79 Å². The molecule has 1 fully saturated rings. The van der Waals surface area contributed by atoms with Crippen molar-refractivity contribution in [2.75, 3.05) is 26.2 Å². The highest BCUT2D eigenvalue weighted by Gasteiger charge is 2.29. The fourth-order valence-electron chi connectivity index (χ4n) is 3.98. The summed E-state index contributed by atoms with van der Waals surface area (Å²) in [4.78, 5) is 20.8. The van der Waals surface area contributed by atoms with Crippen molar-refractivity contribution in [3.8, 4) is 6.07 Å². The van der Waals surface area contributed by atoms with Crippen molar-refractivity contribution in [2.45, 2.75) is 31.7 Å². The Balaban J connectivity index is 1.40. The van der Waals surface area contributed by atoms with E-state index < -0.39 is 0 Å². The Kier molecular flexibility index (Phi) is 6.23. The number of amides is 1. The number of aromatic nitrogens is 1. The summed E-state index contributed by atoms with van der Waals surface area (Å²) in [5.74, 6) is 1.23. The Morgan fingerprint density at radius 3 is 3.03 bits per heavy atom. The maximum atomic E-state index is 13.0. The fraction of sp³-hybridized carbons (Fsp3) is 0.409. The monoisotopic (exact) mass is 409 g/mol. The predicted molar refractivity (Wildman–Crippen MR) is 112 cm³/mol. The molecule has 1 aliphatic heterocycles. The molecule has 0 aliphatic carbocycles. The number of hydrogen-bond acceptors (Lipinski definition) is 5. The van der Waals surface area contributed by atoms with Crippen LogP contribution in [0.15, 0.2) is 47.1 Å². The van der Waals surface area contributed by atoms with Crippen molar-refractivity contribution in [1.82, 2.24) is 9.88 Å². The summed E-state index contributed by atoms with van der Waals surface area (Å²) in [5, 5.41) is 10.1. The minimum Gasteiger partial charge on any atom is -0.467 e. The van der Waals surface area contributed by atoms with Gasteiger partial charge in [-0.25, -0.2) is 4.98 Å². The van der Waals surface area contributed by atoms with Gasteiger partial charge in [0.25, 0.3) is 5.91 Å². The molecule has 0 radical (unpaired) electrons. The van der Waals surface area contributed by atoms with E-state index in [1.54, 1.807) is 22.5 Å². The highest BCUT2D eigenvalue weighted by atomic mass is 32.1. The van der Waals surface area contributed by atoms with Gasteiger partial charge in [-0.2, -0.15) is 5.26 Å². The molecule has 150 valence electrons. The third kappa shape index (κ3) is 4.84. The number of nitriles is 1. The summed E-state index contributed by atoms with van der Waals surface area (Å²) in [6.45, 7) is 3.23. The number of likely N-dealkylation sites (tertiary alicyclic amines) is 1. The molecule has 2 aromatic heterocycles. The first kappa shape index (κ1) is 19.6. The lowest BCUT2D eigenvalue weighted by Gasteiger charge is -2.30. The van der Waals surface area contributed by atoms with Crippen molar-refractivity contribution >= 4 is 27.5 Å². The van der Waals surface area contributed by atoms with Gasteiger partial charge >= 0.3 is 0 Å². The molecule has 3 heterocycles. The van der Waals surface area contributed by atoms with Gasteiger partial charge in [-0.3, -0.25) is 4.79 Å². The van der Waals surface area contributed by atoms with E-state index in [0.717, 1.165) is 37.2 Å². The molecule has 7 heteroatoms. The van der Waals surface area contributed by atoms with E-state index in [0.29, 0.717) is 32.0 Å². The maximum absolute atomic E-state index is 13.0. The summed E-state index contributed by atoms with van der Waals surface area (Å²) in [7, 11) is 0. The minimum absolute atomic E-state index is 0.0802. The first-order valence-corrected chi connectivity index (χ1v) is 10.9. The molecule has 0 bridgehead atoms. The van der Waals surface area contributed by atoms with Crippen LogP contribution in [0.4, 0.5) is 0 Å². The third-order valence-corrected chi connectivity index (χ3v) is 6.65. The molecule has 0 spiro atoms. The summed E-state index contributed by atoms with van der Waals surface area (Å²) >= 11 is 1.78. The molecule has 6 nitrogen and oxygen atoms in total. The number of nitrogens with one attached hydrogen (secondary N) is 1. The molecule has 1 N–H and O–H groups in total. The molecule has 1 aliphatic rings. The van der Waals surface area contributed by atoms with Crippen molar-refractivity contribution in [1.29, 1.82) is 5.26 Å². The van der Waals surface area contributed by atoms with Gasteiger partial charge in [0, 0.05) is 6.54 Å². The van der Waals surface area contributed by atoms with Crippen LogP contribution in [0, 0.1) is 11.3 Å². The van der Waals surface area contributed by atoms with Gasteiger partial charge in [-0.05, 0) is 37.1 Å². The van der Waals surface area contributed by atoms with Crippen molar-refractivity contribution in [2.24, 2.45) is 0 Å². The molecule has 2 atom stereocenters. The zero-order chi connectivity index (χ0) is 20.1. The normalized spacial score (nSPS) is 19.1. The van der Waals surface area contributed by atoms with Crippen LogP contribution in [-0.2, 0) is 11.3 Å². The number of benzene rings is 1. The van der Waals surface area contributed by atoms with Crippen molar-refractivity contribution < 1.29 is 14.1 Å². The Hall–Kier alpha value is -2.69. The number of fused-ring (bicyclic) bond motifs is 1. The van der Waals surface area contributed by atoms with Crippen LogP contribution in [0.3, 0.4) is 0 Å². The largest absolute Gasteiger partial charge is 0.467 e. The van der Waals surface area contributed by atoms with Gasteiger partial charge in [-0.15, -0.1) is 11.3 Å². The number of piperidine rings is 1. The second-order valence-electron chi connectivity index (χ2n) is 7.54. The SMILES string of the molecule is N#CCCN(Cc1ccco1)C(=O)C[NH+]1CCC[C@@H](c2nc3ccccc3s2)C1. The molecule has 0 saturated carbocycles. The summed E-state index contributed by atoms with van der Waals surface area (Å²) in [6.07, 6.45) is 4.17. The Morgan fingerprint density at radius 1 is 1.34 bits per heavy atom. The van der Waals surface area contributed by atoms with E-state index in [1.165, 1.54) is 14.6 Å². The standard InChI is InChI=1S/C22H24N4O2S/c23-10-5-12-26(15-18-7-4-13-28-18)21(27)16-25-11-3-6-17(14-25)22-24-19-8-1-2-9-20(19)29-22/h1-2,4,7-9,13,17H,3,5-6,11-12,14-16H2/p+1/t17-/m1/s1. The predicted octanol–water partition coefficient (Wildman–Crippen LogP) is 2.59.